The lowest BCUT2D eigenvalue weighted by Crippen LogP contribution is -2.20. The average Bonchev–Trinajstić information content (AvgIpc) is 2.91. The summed E-state index contributed by atoms with van der Waals surface area (Å²) < 4.78 is 1.36. The summed E-state index contributed by atoms with van der Waals surface area (Å²) in [5, 5.41) is 17.0. The first-order valence-electron chi connectivity index (χ1n) is 7.66. The highest BCUT2D eigenvalue weighted by Crippen LogP contribution is 2.15. The van der Waals surface area contributed by atoms with E-state index in [0.717, 1.165) is 0 Å². The lowest BCUT2D eigenvalue weighted by atomic mass is 10.2. The lowest BCUT2D eigenvalue weighted by molar-refractivity contribution is 0.0952. The number of amides is 1. The van der Waals surface area contributed by atoms with Gasteiger partial charge in [0, 0.05) is 10.7 Å². The summed E-state index contributed by atoms with van der Waals surface area (Å²) in [4.78, 5) is 24.5. The normalized spacial score (nSPS) is 11.0. The van der Waals surface area contributed by atoms with E-state index in [4.69, 9.17) is 11.6 Å². The van der Waals surface area contributed by atoms with Crippen molar-refractivity contribution in [3.05, 3.63) is 80.7 Å². The fraction of sp³-hybridized carbons (Fsp3) is 0.0556. The molecule has 0 aliphatic heterocycles. The molecule has 0 aliphatic carbocycles. The van der Waals surface area contributed by atoms with Crippen molar-refractivity contribution in [2.45, 2.75) is 6.92 Å². The van der Waals surface area contributed by atoms with Crippen LogP contribution < -0.4 is 11.0 Å². The number of halogens is 1. The van der Waals surface area contributed by atoms with Crippen molar-refractivity contribution in [2.24, 2.45) is 5.10 Å². The molecule has 7 nitrogen and oxygen atoms in total. The number of carbonyl (C=O) groups excluding carboxylic acids is 1. The number of H-pyrrole nitrogens is 1. The second-order valence-electron chi connectivity index (χ2n) is 5.48. The number of carbonyl (C=O) groups is 1. The van der Waals surface area contributed by atoms with Crippen LogP contribution in [0.15, 0.2) is 58.4 Å². The number of hydrogen-bond acceptors (Lipinski definition) is 4. The zero-order valence-electron chi connectivity index (χ0n) is 13.7. The Morgan fingerprint density at radius 3 is 2.62 bits per heavy atom. The van der Waals surface area contributed by atoms with Gasteiger partial charge in [0.2, 0.25) is 0 Å². The summed E-state index contributed by atoms with van der Waals surface area (Å²) in [7, 11) is 0. The number of aromatic nitrogens is 2. The van der Waals surface area contributed by atoms with Gasteiger partial charge >= 0.3 is 0 Å². The van der Waals surface area contributed by atoms with Crippen molar-refractivity contribution < 1.29 is 9.90 Å². The van der Waals surface area contributed by atoms with E-state index in [0.29, 0.717) is 22.0 Å². The molecule has 1 heterocycles. The molecule has 0 aliphatic rings. The zero-order chi connectivity index (χ0) is 18.7. The molecule has 132 valence electrons. The molecule has 0 radical (unpaired) electrons. The molecule has 0 unspecified atom stereocenters. The quantitative estimate of drug-likeness (QED) is 0.486. The van der Waals surface area contributed by atoms with Crippen LogP contribution in [0.1, 0.15) is 21.6 Å². The van der Waals surface area contributed by atoms with E-state index in [2.05, 4.69) is 15.6 Å². The number of rotatable bonds is 4. The molecule has 0 atom stereocenters. The Kier molecular flexibility index (Phi) is 4.90. The number of para-hydroxylation sites is 1. The summed E-state index contributed by atoms with van der Waals surface area (Å²) in [6, 6.07) is 12.9. The Morgan fingerprint density at radius 2 is 1.92 bits per heavy atom. The van der Waals surface area contributed by atoms with Gasteiger partial charge in [-0.05, 0) is 43.3 Å². The molecule has 0 bridgehead atoms. The Morgan fingerprint density at radius 1 is 1.23 bits per heavy atom. The molecule has 3 N–H and O–H groups in total. The SMILES string of the molecule is Cc1[nH]n(-c2ccc(Cl)cc2)c(=O)c1C=NNC(=O)c1ccccc1O. The predicted octanol–water partition coefficient (Wildman–Crippen LogP) is 2.60. The van der Waals surface area contributed by atoms with Gasteiger partial charge in [0.15, 0.2) is 0 Å². The van der Waals surface area contributed by atoms with Crippen LogP contribution in [-0.2, 0) is 0 Å². The second-order valence-corrected chi connectivity index (χ2v) is 5.92. The van der Waals surface area contributed by atoms with E-state index in [-0.39, 0.29) is 16.9 Å². The first-order valence-corrected chi connectivity index (χ1v) is 8.04. The third kappa shape index (κ3) is 3.52. The molecule has 0 saturated heterocycles. The Labute approximate surface area is 153 Å². The number of phenols is 1. The van der Waals surface area contributed by atoms with Gasteiger partial charge in [-0.15, -0.1) is 0 Å². The van der Waals surface area contributed by atoms with Gasteiger partial charge in [-0.1, -0.05) is 23.7 Å². The topological polar surface area (TPSA) is 99.5 Å². The summed E-state index contributed by atoms with van der Waals surface area (Å²) in [6.07, 6.45) is 1.26. The molecule has 26 heavy (non-hydrogen) atoms. The number of phenolic OH excluding ortho intramolecular Hbond substituents is 1. The predicted molar refractivity (Wildman–Crippen MR) is 99.3 cm³/mol. The maximum Gasteiger partial charge on any atom is 0.280 e. The largest absolute Gasteiger partial charge is 0.507 e. The van der Waals surface area contributed by atoms with E-state index in [1.54, 1.807) is 43.3 Å². The minimum Gasteiger partial charge on any atom is -0.507 e. The van der Waals surface area contributed by atoms with Gasteiger partial charge < -0.3 is 5.11 Å². The minimum atomic E-state index is -0.578. The van der Waals surface area contributed by atoms with Crippen molar-refractivity contribution in [3.63, 3.8) is 0 Å². The standard InChI is InChI=1S/C18H15ClN4O3/c1-11-15(10-20-21-17(25)14-4-2-3-5-16(14)24)18(26)23(22-11)13-8-6-12(19)7-9-13/h2-10,22,24H,1H3,(H,21,25). The summed E-state index contributed by atoms with van der Waals surface area (Å²) in [5.41, 5.74) is 3.58. The molecule has 2 aromatic carbocycles. The highest BCUT2D eigenvalue weighted by atomic mass is 35.5. The molecule has 3 aromatic rings. The highest BCUT2D eigenvalue weighted by molar-refractivity contribution is 6.30. The second kappa shape index (κ2) is 7.28. The van der Waals surface area contributed by atoms with Crippen LogP contribution >= 0.6 is 11.6 Å². The van der Waals surface area contributed by atoms with Crippen LogP contribution in [0.2, 0.25) is 5.02 Å². The van der Waals surface area contributed by atoms with Crippen molar-refractivity contribution in [1.82, 2.24) is 15.2 Å². The number of benzene rings is 2. The third-order valence-corrected chi connectivity index (χ3v) is 3.96. The van der Waals surface area contributed by atoms with Gasteiger partial charge in [0.25, 0.3) is 11.5 Å². The van der Waals surface area contributed by atoms with Crippen LogP contribution in [-0.4, -0.2) is 27.0 Å². The van der Waals surface area contributed by atoms with Crippen LogP contribution in [0.5, 0.6) is 5.75 Å². The van der Waals surface area contributed by atoms with Crippen LogP contribution in [0.3, 0.4) is 0 Å². The van der Waals surface area contributed by atoms with Crippen molar-refractivity contribution in [3.8, 4) is 11.4 Å². The Bertz CT molecular complexity index is 1040. The first-order chi connectivity index (χ1) is 12.5. The zero-order valence-corrected chi connectivity index (χ0v) is 14.5. The fourth-order valence-corrected chi connectivity index (χ4v) is 2.49. The van der Waals surface area contributed by atoms with Crippen molar-refractivity contribution in [1.29, 1.82) is 0 Å². The number of hydrogen-bond donors (Lipinski definition) is 3. The van der Waals surface area contributed by atoms with Crippen LogP contribution in [0, 0.1) is 6.92 Å². The average molecular weight is 371 g/mol. The molecular weight excluding hydrogens is 356 g/mol. The number of nitrogens with one attached hydrogen (secondary N) is 2. The molecule has 0 saturated carbocycles. The number of aryl methyl sites for hydroxylation is 1. The third-order valence-electron chi connectivity index (χ3n) is 3.71. The van der Waals surface area contributed by atoms with Crippen molar-refractivity contribution >= 4 is 23.7 Å². The van der Waals surface area contributed by atoms with Gasteiger partial charge in [0.1, 0.15) is 5.75 Å². The summed E-state index contributed by atoms with van der Waals surface area (Å²) in [5.74, 6) is -0.728. The molecular formula is C18H15ClN4O3. The Hall–Kier alpha value is -3.32. The van der Waals surface area contributed by atoms with Crippen molar-refractivity contribution in [2.75, 3.05) is 0 Å². The molecule has 1 amide bonds. The van der Waals surface area contributed by atoms with E-state index in [1.165, 1.54) is 23.0 Å². The molecule has 0 fully saturated rings. The van der Waals surface area contributed by atoms with Crippen LogP contribution in [0.4, 0.5) is 0 Å². The smallest absolute Gasteiger partial charge is 0.280 e. The fourth-order valence-electron chi connectivity index (χ4n) is 2.36. The highest BCUT2D eigenvalue weighted by Gasteiger charge is 2.12. The summed E-state index contributed by atoms with van der Waals surface area (Å²) >= 11 is 5.86. The maximum atomic E-state index is 12.5. The summed E-state index contributed by atoms with van der Waals surface area (Å²) in [6.45, 7) is 1.72. The number of hydrazone groups is 1. The maximum absolute atomic E-state index is 12.5. The Balaban J connectivity index is 1.81. The van der Waals surface area contributed by atoms with E-state index in [9.17, 15) is 14.7 Å². The van der Waals surface area contributed by atoms with Gasteiger partial charge in [-0.3, -0.25) is 14.7 Å². The van der Waals surface area contributed by atoms with Gasteiger partial charge in [0.05, 0.1) is 23.0 Å². The first kappa shape index (κ1) is 17.5. The van der Waals surface area contributed by atoms with Gasteiger partial charge in [-0.2, -0.15) is 5.10 Å². The molecule has 3 rings (SSSR count). The molecule has 1 aromatic heterocycles. The lowest BCUT2D eigenvalue weighted by Gasteiger charge is -2.01. The van der Waals surface area contributed by atoms with E-state index >= 15 is 0 Å². The van der Waals surface area contributed by atoms with Crippen LogP contribution in [0.25, 0.3) is 5.69 Å². The van der Waals surface area contributed by atoms with E-state index < -0.39 is 5.91 Å². The number of nitrogens with zero attached hydrogens (tertiary/aromatic N) is 2. The number of aromatic amines is 1. The van der Waals surface area contributed by atoms with E-state index in [1.807, 2.05) is 0 Å². The molecule has 0 spiro atoms. The number of aromatic hydroxyl groups is 1. The molecule has 8 heteroatoms. The van der Waals surface area contributed by atoms with Gasteiger partial charge in [-0.25, -0.2) is 10.1 Å². The minimum absolute atomic E-state index is 0.0917. The monoisotopic (exact) mass is 370 g/mol.